The lowest BCUT2D eigenvalue weighted by molar-refractivity contribution is -0.136. The molecule has 1 heterocycles. The lowest BCUT2D eigenvalue weighted by Gasteiger charge is -2.34. The molecule has 6 nitrogen and oxygen atoms in total. The number of likely N-dealkylation sites (N-methyl/N-ethyl adjacent to an activating group) is 1. The summed E-state index contributed by atoms with van der Waals surface area (Å²) in [7, 11) is 1.60. The molecule has 1 fully saturated rings. The Hall–Kier alpha value is -2.22. The van der Waals surface area contributed by atoms with Gasteiger partial charge in [-0.1, -0.05) is 12.1 Å². The zero-order valence-corrected chi connectivity index (χ0v) is 14.0. The van der Waals surface area contributed by atoms with Crippen LogP contribution in [0.5, 0.6) is 5.75 Å². The number of hydrogen-bond acceptors (Lipinski definition) is 4. The minimum Gasteiger partial charge on any atom is -0.434 e. The van der Waals surface area contributed by atoms with E-state index in [0.717, 1.165) is 0 Å². The average Bonchev–Trinajstić information content (AvgIpc) is 2.61. The van der Waals surface area contributed by atoms with Crippen molar-refractivity contribution >= 4 is 11.8 Å². The van der Waals surface area contributed by atoms with Crippen LogP contribution < -0.4 is 4.74 Å². The average molecular weight is 356 g/mol. The fourth-order valence-corrected chi connectivity index (χ4v) is 2.95. The number of carbonyl (C=O) groups is 2. The Morgan fingerprint density at radius 2 is 2.12 bits per heavy atom. The van der Waals surface area contributed by atoms with Gasteiger partial charge in [-0.05, 0) is 25.0 Å². The molecule has 0 radical (unpaired) electrons. The first-order chi connectivity index (χ1) is 11.9. The number of hydrogen-bond donors (Lipinski definition) is 1. The summed E-state index contributed by atoms with van der Waals surface area (Å²) in [5.41, 5.74) is 0.0552. The molecule has 1 N–H and O–H groups in total. The number of alkyl halides is 2. The summed E-state index contributed by atoms with van der Waals surface area (Å²) in [6.07, 6.45) is 1.29. The van der Waals surface area contributed by atoms with Crippen LogP contribution in [0, 0.1) is 5.92 Å². The number of carbonyl (C=O) groups excluding carboxylic acids is 2. The van der Waals surface area contributed by atoms with Gasteiger partial charge in [0.2, 0.25) is 5.91 Å². The van der Waals surface area contributed by atoms with Crippen molar-refractivity contribution in [1.82, 2.24) is 9.80 Å². The number of rotatable bonds is 6. The van der Waals surface area contributed by atoms with Crippen LogP contribution in [0.1, 0.15) is 23.2 Å². The van der Waals surface area contributed by atoms with Crippen molar-refractivity contribution in [1.29, 1.82) is 0 Å². The SMILES string of the molecule is CN(CCO)C(=O)C1CCCN(C(=O)c2ccccc2OC(F)F)C1. The molecular weight excluding hydrogens is 334 g/mol. The van der Waals surface area contributed by atoms with Gasteiger partial charge in [-0.15, -0.1) is 0 Å². The number of benzene rings is 1. The molecule has 1 atom stereocenters. The molecule has 138 valence electrons. The Balaban J connectivity index is 2.11. The molecule has 1 aliphatic rings. The van der Waals surface area contributed by atoms with Gasteiger partial charge in [0.1, 0.15) is 5.75 Å². The molecule has 0 bridgehead atoms. The largest absolute Gasteiger partial charge is 0.434 e. The predicted molar refractivity (Wildman–Crippen MR) is 86.4 cm³/mol. The van der Waals surface area contributed by atoms with Gasteiger partial charge in [0, 0.05) is 26.7 Å². The van der Waals surface area contributed by atoms with Gasteiger partial charge in [-0.3, -0.25) is 9.59 Å². The number of nitrogens with zero attached hydrogens (tertiary/aromatic N) is 2. The molecule has 0 aliphatic carbocycles. The van der Waals surface area contributed by atoms with E-state index in [0.29, 0.717) is 19.4 Å². The van der Waals surface area contributed by atoms with Crippen LogP contribution in [0.4, 0.5) is 8.78 Å². The fourth-order valence-electron chi connectivity index (χ4n) is 2.95. The Kier molecular flexibility index (Phi) is 6.69. The van der Waals surface area contributed by atoms with Gasteiger partial charge in [-0.2, -0.15) is 8.78 Å². The van der Waals surface area contributed by atoms with Crippen molar-refractivity contribution in [2.45, 2.75) is 19.5 Å². The molecule has 1 saturated heterocycles. The van der Waals surface area contributed by atoms with E-state index in [1.807, 2.05) is 0 Å². The number of aliphatic hydroxyl groups excluding tert-OH is 1. The topological polar surface area (TPSA) is 70.1 Å². The third-order valence-corrected chi connectivity index (χ3v) is 4.20. The van der Waals surface area contributed by atoms with Crippen LogP contribution in [-0.4, -0.2) is 66.6 Å². The van der Waals surface area contributed by atoms with E-state index in [-0.39, 0.29) is 42.8 Å². The first-order valence-electron chi connectivity index (χ1n) is 8.13. The highest BCUT2D eigenvalue weighted by molar-refractivity contribution is 5.97. The summed E-state index contributed by atoms with van der Waals surface area (Å²) in [5, 5.41) is 8.94. The maximum absolute atomic E-state index is 12.7. The van der Waals surface area contributed by atoms with Crippen molar-refractivity contribution in [3.63, 3.8) is 0 Å². The minimum atomic E-state index is -3.02. The summed E-state index contributed by atoms with van der Waals surface area (Å²) in [6.45, 7) is -2.24. The molecule has 1 aromatic carbocycles. The molecular formula is C17H22F2N2O4. The highest BCUT2D eigenvalue weighted by Gasteiger charge is 2.31. The lowest BCUT2D eigenvalue weighted by Crippen LogP contribution is -2.46. The number of ether oxygens (including phenoxy) is 1. The summed E-state index contributed by atoms with van der Waals surface area (Å²) < 4.78 is 29.5. The van der Waals surface area contributed by atoms with Crippen LogP contribution in [0.2, 0.25) is 0 Å². The van der Waals surface area contributed by atoms with Crippen LogP contribution in [0.3, 0.4) is 0 Å². The maximum Gasteiger partial charge on any atom is 0.387 e. The number of halogens is 2. The monoisotopic (exact) mass is 356 g/mol. The second-order valence-corrected chi connectivity index (χ2v) is 5.95. The highest BCUT2D eigenvalue weighted by Crippen LogP contribution is 2.25. The van der Waals surface area contributed by atoms with E-state index in [2.05, 4.69) is 4.74 Å². The standard InChI is InChI=1S/C17H22F2N2O4/c1-20(9-10-22)15(23)12-5-4-8-21(11-12)16(24)13-6-2-3-7-14(13)25-17(18)19/h2-3,6-7,12,17,22H,4-5,8-11H2,1H3. The van der Waals surface area contributed by atoms with Crippen molar-refractivity contribution in [2.24, 2.45) is 5.92 Å². The number of para-hydroxylation sites is 1. The van der Waals surface area contributed by atoms with Crippen LogP contribution in [0.25, 0.3) is 0 Å². The van der Waals surface area contributed by atoms with Gasteiger partial charge in [0.25, 0.3) is 5.91 Å². The number of piperidine rings is 1. The smallest absolute Gasteiger partial charge is 0.387 e. The molecule has 0 saturated carbocycles. The van der Waals surface area contributed by atoms with Crippen molar-refractivity contribution in [3.05, 3.63) is 29.8 Å². The molecule has 8 heteroatoms. The van der Waals surface area contributed by atoms with Gasteiger partial charge in [0.05, 0.1) is 18.1 Å². The zero-order chi connectivity index (χ0) is 18.4. The Bertz CT molecular complexity index is 612. The van der Waals surface area contributed by atoms with Gasteiger partial charge in [0.15, 0.2) is 0 Å². The summed E-state index contributed by atoms with van der Waals surface area (Å²) >= 11 is 0. The zero-order valence-electron chi connectivity index (χ0n) is 14.0. The summed E-state index contributed by atoms with van der Waals surface area (Å²) in [4.78, 5) is 28.0. The molecule has 2 rings (SSSR count). The second kappa shape index (κ2) is 8.75. The third kappa shape index (κ3) is 4.88. The normalized spacial score (nSPS) is 17.5. The van der Waals surface area contributed by atoms with Crippen LogP contribution in [-0.2, 0) is 4.79 Å². The van der Waals surface area contributed by atoms with E-state index in [1.54, 1.807) is 13.1 Å². The highest BCUT2D eigenvalue weighted by atomic mass is 19.3. The maximum atomic E-state index is 12.7. The van der Waals surface area contributed by atoms with E-state index < -0.39 is 12.5 Å². The molecule has 0 spiro atoms. The Morgan fingerprint density at radius 1 is 1.40 bits per heavy atom. The lowest BCUT2D eigenvalue weighted by atomic mass is 9.96. The van der Waals surface area contributed by atoms with Crippen LogP contribution >= 0.6 is 0 Å². The van der Waals surface area contributed by atoms with E-state index in [4.69, 9.17) is 5.11 Å². The van der Waals surface area contributed by atoms with Gasteiger partial charge < -0.3 is 19.6 Å². The van der Waals surface area contributed by atoms with Crippen LogP contribution in [0.15, 0.2) is 24.3 Å². The number of likely N-dealkylation sites (tertiary alicyclic amines) is 1. The quantitative estimate of drug-likeness (QED) is 0.840. The Morgan fingerprint density at radius 3 is 2.80 bits per heavy atom. The predicted octanol–water partition coefficient (Wildman–Crippen LogP) is 1.59. The fraction of sp³-hybridized carbons (Fsp3) is 0.529. The van der Waals surface area contributed by atoms with E-state index in [1.165, 1.54) is 28.0 Å². The first-order valence-corrected chi connectivity index (χ1v) is 8.13. The molecule has 1 aliphatic heterocycles. The first kappa shape index (κ1) is 19.1. The second-order valence-electron chi connectivity index (χ2n) is 5.95. The van der Waals surface area contributed by atoms with Gasteiger partial charge in [-0.25, -0.2) is 0 Å². The van der Waals surface area contributed by atoms with E-state index in [9.17, 15) is 18.4 Å². The van der Waals surface area contributed by atoms with Crippen molar-refractivity contribution in [2.75, 3.05) is 33.3 Å². The molecule has 1 unspecified atom stereocenters. The molecule has 2 amide bonds. The molecule has 0 aromatic heterocycles. The number of aliphatic hydroxyl groups is 1. The van der Waals surface area contributed by atoms with Crippen molar-refractivity contribution in [3.8, 4) is 5.75 Å². The van der Waals surface area contributed by atoms with E-state index >= 15 is 0 Å². The summed E-state index contributed by atoms with van der Waals surface area (Å²) in [6, 6.07) is 5.85. The third-order valence-electron chi connectivity index (χ3n) is 4.20. The molecule has 25 heavy (non-hydrogen) atoms. The number of amides is 2. The Labute approximate surface area is 145 Å². The summed E-state index contributed by atoms with van der Waals surface area (Å²) in [5.74, 6) is -1.10. The molecule has 1 aromatic rings. The minimum absolute atomic E-state index is 0.0552. The van der Waals surface area contributed by atoms with Crippen molar-refractivity contribution < 1.29 is 28.2 Å². The van der Waals surface area contributed by atoms with Gasteiger partial charge >= 0.3 is 6.61 Å².